The molecule has 1 fully saturated rings. The van der Waals surface area contributed by atoms with E-state index in [-0.39, 0.29) is 0 Å². The van der Waals surface area contributed by atoms with Gasteiger partial charge in [0.15, 0.2) is 0 Å². The van der Waals surface area contributed by atoms with E-state index in [1.165, 1.54) is 25.7 Å². The third-order valence-corrected chi connectivity index (χ3v) is 2.94. The summed E-state index contributed by atoms with van der Waals surface area (Å²) < 4.78 is 0. The highest BCUT2D eigenvalue weighted by molar-refractivity contribution is 6.18. The van der Waals surface area contributed by atoms with Gasteiger partial charge in [0.1, 0.15) is 0 Å². The molecule has 0 aromatic rings. The minimum atomic E-state index is 0.820. The van der Waals surface area contributed by atoms with Gasteiger partial charge in [-0.25, -0.2) is 0 Å². The van der Waals surface area contributed by atoms with Gasteiger partial charge in [-0.2, -0.15) is 0 Å². The zero-order valence-corrected chi connectivity index (χ0v) is 6.82. The summed E-state index contributed by atoms with van der Waals surface area (Å²) in [6.07, 6.45) is 5.59. The minimum absolute atomic E-state index is 0.820. The largest absolute Gasteiger partial charge is 0.126 e. The Morgan fingerprint density at radius 2 is 2.22 bits per heavy atom. The smallest absolute Gasteiger partial charge is 0.0254 e. The van der Waals surface area contributed by atoms with Gasteiger partial charge in [-0.15, -0.1) is 11.6 Å². The second-order valence-electron chi connectivity index (χ2n) is 3.01. The summed E-state index contributed by atoms with van der Waals surface area (Å²) in [5, 5.41) is 0. The zero-order chi connectivity index (χ0) is 6.69. The first-order chi connectivity index (χ1) is 4.38. The van der Waals surface area contributed by atoms with Gasteiger partial charge in [0.05, 0.1) is 0 Å². The number of hydrogen-bond acceptors (Lipinski definition) is 0. The Hall–Kier alpha value is 0.290. The van der Waals surface area contributed by atoms with Crippen LogP contribution in [-0.2, 0) is 0 Å². The van der Waals surface area contributed by atoms with E-state index >= 15 is 0 Å². The Morgan fingerprint density at radius 3 is 2.33 bits per heavy atom. The summed E-state index contributed by atoms with van der Waals surface area (Å²) in [5.41, 5.74) is 0. The van der Waals surface area contributed by atoms with Crippen LogP contribution in [0.2, 0.25) is 0 Å². The SMILES string of the molecule is CCC(CCl)C1CCC1. The van der Waals surface area contributed by atoms with E-state index in [4.69, 9.17) is 11.6 Å². The van der Waals surface area contributed by atoms with Gasteiger partial charge in [-0.3, -0.25) is 0 Å². The second kappa shape index (κ2) is 3.46. The monoisotopic (exact) mass is 146 g/mol. The lowest BCUT2D eigenvalue weighted by molar-refractivity contribution is 0.218. The Labute approximate surface area is 62.6 Å². The molecule has 54 valence electrons. The molecular formula is C8H15Cl. The summed E-state index contributed by atoms with van der Waals surface area (Å²) in [6, 6.07) is 0. The molecule has 0 saturated heterocycles. The molecule has 0 N–H and O–H groups in total. The molecule has 1 heteroatoms. The number of rotatable bonds is 3. The Bertz CT molecular complexity index is 72.6. The maximum atomic E-state index is 5.78. The van der Waals surface area contributed by atoms with Gasteiger partial charge in [0.2, 0.25) is 0 Å². The Kier molecular flexibility index (Phi) is 2.84. The highest BCUT2D eigenvalue weighted by Gasteiger charge is 2.24. The third kappa shape index (κ3) is 1.61. The molecule has 0 spiro atoms. The molecule has 0 amide bonds. The van der Waals surface area contributed by atoms with E-state index in [2.05, 4.69) is 6.92 Å². The lowest BCUT2D eigenvalue weighted by Gasteiger charge is -2.31. The summed E-state index contributed by atoms with van der Waals surface area (Å²) in [7, 11) is 0. The van der Waals surface area contributed by atoms with E-state index in [1.807, 2.05) is 0 Å². The predicted octanol–water partition coefficient (Wildman–Crippen LogP) is 3.05. The van der Waals surface area contributed by atoms with Crippen LogP contribution >= 0.6 is 11.6 Å². The van der Waals surface area contributed by atoms with Crippen molar-refractivity contribution in [2.75, 3.05) is 5.88 Å². The van der Waals surface area contributed by atoms with E-state index < -0.39 is 0 Å². The summed E-state index contributed by atoms with van der Waals surface area (Å²) in [5.74, 6) is 2.68. The molecule has 0 aromatic carbocycles. The molecule has 1 rings (SSSR count). The molecule has 0 radical (unpaired) electrons. The first-order valence-corrected chi connectivity index (χ1v) is 4.48. The zero-order valence-electron chi connectivity index (χ0n) is 6.07. The van der Waals surface area contributed by atoms with Crippen molar-refractivity contribution < 1.29 is 0 Å². The minimum Gasteiger partial charge on any atom is -0.126 e. The lowest BCUT2D eigenvalue weighted by Crippen LogP contribution is -2.22. The van der Waals surface area contributed by atoms with Gasteiger partial charge in [-0.05, 0) is 11.8 Å². The van der Waals surface area contributed by atoms with Crippen molar-refractivity contribution in [3.8, 4) is 0 Å². The number of alkyl halides is 1. The molecule has 0 bridgehead atoms. The summed E-state index contributed by atoms with van der Waals surface area (Å²) in [4.78, 5) is 0. The molecule has 1 aliphatic rings. The van der Waals surface area contributed by atoms with Crippen molar-refractivity contribution >= 4 is 11.6 Å². The van der Waals surface area contributed by atoms with Crippen LogP contribution in [-0.4, -0.2) is 5.88 Å². The summed E-state index contributed by atoms with van der Waals surface area (Å²) >= 11 is 5.78. The average Bonchev–Trinajstić information content (AvgIpc) is 1.78. The van der Waals surface area contributed by atoms with Crippen molar-refractivity contribution in [3.63, 3.8) is 0 Å². The highest BCUT2D eigenvalue weighted by atomic mass is 35.5. The molecular weight excluding hydrogens is 132 g/mol. The van der Waals surface area contributed by atoms with E-state index in [0.29, 0.717) is 0 Å². The fourth-order valence-corrected chi connectivity index (χ4v) is 1.95. The summed E-state index contributed by atoms with van der Waals surface area (Å²) in [6.45, 7) is 2.24. The van der Waals surface area contributed by atoms with Crippen molar-refractivity contribution in [2.24, 2.45) is 11.8 Å². The molecule has 1 unspecified atom stereocenters. The van der Waals surface area contributed by atoms with Crippen LogP contribution in [0.1, 0.15) is 32.6 Å². The van der Waals surface area contributed by atoms with Crippen LogP contribution in [0.25, 0.3) is 0 Å². The Balaban J connectivity index is 2.19. The first kappa shape index (κ1) is 7.40. The molecule has 0 nitrogen and oxygen atoms in total. The maximum Gasteiger partial charge on any atom is 0.0254 e. The second-order valence-corrected chi connectivity index (χ2v) is 3.32. The van der Waals surface area contributed by atoms with Crippen LogP contribution in [0.3, 0.4) is 0 Å². The normalized spacial score (nSPS) is 23.3. The molecule has 0 heterocycles. The van der Waals surface area contributed by atoms with Crippen molar-refractivity contribution in [1.29, 1.82) is 0 Å². The van der Waals surface area contributed by atoms with Crippen LogP contribution in [0, 0.1) is 11.8 Å². The van der Waals surface area contributed by atoms with Crippen molar-refractivity contribution in [2.45, 2.75) is 32.6 Å². The molecule has 0 aromatic heterocycles. The van der Waals surface area contributed by atoms with Gasteiger partial charge in [-0.1, -0.05) is 32.6 Å². The standard InChI is InChI=1S/C8H15Cl/c1-2-7(6-9)8-4-3-5-8/h7-8H,2-6H2,1H3. The van der Waals surface area contributed by atoms with Crippen LogP contribution < -0.4 is 0 Å². The topological polar surface area (TPSA) is 0 Å². The predicted molar refractivity (Wildman–Crippen MR) is 41.8 cm³/mol. The fraction of sp³-hybridized carbons (Fsp3) is 1.00. The van der Waals surface area contributed by atoms with Gasteiger partial charge >= 0.3 is 0 Å². The first-order valence-electron chi connectivity index (χ1n) is 3.94. The van der Waals surface area contributed by atoms with E-state index in [1.54, 1.807) is 0 Å². The number of hydrogen-bond donors (Lipinski definition) is 0. The molecule has 9 heavy (non-hydrogen) atoms. The highest BCUT2D eigenvalue weighted by Crippen LogP contribution is 2.35. The van der Waals surface area contributed by atoms with Crippen LogP contribution in [0.15, 0.2) is 0 Å². The van der Waals surface area contributed by atoms with Crippen molar-refractivity contribution in [3.05, 3.63) is 0 Å². The van der Waals surface area contributed by atoms with Crippen molar-refractivity contribution in [1.82, 2.24) is 0 Å². The fourth-order valence-electron chi connectivity index (χ4n) is 1.48. The van der Waals surface area contributed by atoms with Gasteiger partial charge < -0.3 is 0 Å². The Morgan fingerprint density at radius 1 is 1.56 bits per heavy atom. The number of halogens is 1. The average molecular weight is 147 g/mol. The molecule has 1 saturated carbocycles. The van der Waals surface area contributed by atoms with Crippen LogP contribution in [0.5, 0.6) is 0 Å². The van der Waals surface area contributed by atoms with Gasteiger partial charge in [0.25, 0.3) is 0 Å². The quantitative estimate of drug-likeness (QED) is 0.537. The third-order valence-electron chi connectivity index (χ3n) is 2.54. The molecule has 1 aliphatic carbocycles. The maximum absolute atomic E-state index is 5.78. The van der Waals surface area contributed by atoms with Crippen LogP contribution in [0.4, 0.5) is 0 Å². The molecule has 0 aliphatic heterocycles. The van der Waals surface area contributed by atoms with E-state index in [9.17, 15) is 0 Å². The molecule has 1 atom stereocenters. The van der Waals surface area contributed by atoms with E-state index in [0.717, 1.165) is 17.7 Å². The lowest BCUT2D eigenvalue weighted by atomic mass is 9.76. The van der Waals surface area contributed by atoms with Gasteiger partial charge in [0, 0.05) is 5.88 Å².